The highest BCUT2D eigenvalue weighted by Crippen LogP contribution is 2.12. The van der Waals surface area contributed by atoms with Crippen molar-refractivity contribution in [3.8, 4) is 0 Å². The maximum atomic E-state index is 10.9. The summed E-state index contributed by atoms with van der Waals surface area (Å²) in [6.45, 7) is 0. The van der Waals surface area contributed by atoms with Crippen LogP contribution in [-0.4, -0.2) is 27.8 Å². The normalized spacial score (nSPS) is 12.1. The molecule has 0 aromatic carbocycles. The van der Waals surface area contributed by atoms with Crippen LogP contribution in [0.4, 0.5) is 0 Å². The molecule has 76 valence electrons. The van der Waals surface area contributed by atoms with Crippen LogP contribution in [0.2, 0.25) is 0 Å². The van der Waals surface area contributed by atoms with E-state index in [2.05, 4.69) is 10.3 Å². The number of rotatable bonds is 4. The molecule has 1 atom stereocenters. The lowest BCUT2D eigenvalue weighted by Gasteiger charge is -2.10. The Kier molecular flexibility index (Phi) is 3.84. The van der Waals surface area contributed by atoms with Gasteiger partial charge < -0.3 is 10.4 Å². The van der Waals surface area contributed by atoms with E-state index in [0.717, 1.165) is 0 Å². The lowest BCUT2D eigenvalue weighted by Crippen LogP contribution is -2.34. The predicted molar refractivity (Wildman–Crippen MR) is 51.4 cm³/mol. The van der Waals surface area contributed by atoms with Crippen molar-refractivity contribution < 1.29 is 14.7 Å². The standard InChI is InChI=1S/C7H7ClN2O3S/c8-1-5(11)10-6(7(12)13)4-2-14-3-9-4/h2-3,6H,1H2,(H,10,11)(H,12,13). The zero-order chi connectivity index (χ0) is 10.6. The van der Waals surface area contributed by atoms with E-state index >= 15 is 0 Å². The van der Waals surface area contributed by atoms with Crippen LogP contribution in [0, 0.1) is 0 Å². The van der Waals surface area contributed by atoms with Crippen LogP contribution in [0.5, 0.6) is 0 Å². The third kappa shape index (κ3) is 2.68. The number of thiazole rings is 1. The molecule has 5 nitrogen and oxygen atoms in total. The zero-order valence-electron chi connectivity index (χ0n) is 6.94. The molecule has 1 aromatic heterocycles. The molecular formula is C7H7ClN2O3S. The summed E-state index contributed by atoms with van der Waals surface area (Å²) in [6, 6.07) is -1.12. The van der Waals surface area contributed by atoms with E-state index in [-0.39, 0.29) is 5.88 Å². The fourth-order valence-electron chi connectivity index (χ4n) is 0.826. The van der Waals surface area contributed by atoms with Gasteiger partial charge in [-0.1, -0.05) is 0 Å². The molecule has 0 aliphatic rings. The molecule has 0 saturated heterocycles. The van der Waals surface area contributed by atoms with Crippen LogP contribution in [0.1, 0.15) is 11.7 Å². The molecule has 1 amide bonds. The molecule has 14 heavy (non-hydrogen) atoms. The molecule has 0 bridgehead atoms. The van der Waals surface area contributed by atoms with Crippen LogP contribution < -0.4 is 5.32 Å². The van der Waals surface area contributed by atoms with Crippen molar-refractivity contribution in [3.05, 3.63) is 16.6 Å². The van der Waals surface area contributed by atoms with Crippen molar-refractivity contribution in [3.63, 3.8) is 0 Å². The second-order valence-corrected chi connectivity index (χ2v) is 3.37. The summed E-state index contributed by atoms with van der Waals surface area (Å²) >= 11 is 6.50. The van der Waals surface area contributed by atoms with E-state index in [0.29, 0.717) is 5.69 Å². The molecule has 1 unspecified atom stereocenters. The van der Waals surface area contributed by atoms with Gasteiger partial charge in [-0.3, -0.25) is 4.79 Å². The van der Waals surface area contributed by atoms with E-state index in [1.807, 2.05) is 0 Å². The number of nitrogens with zero attached hydrogens (tertiary/aromatic N) is 1. The number of carboxylic acids is 1. The molecular weight excluding hydrogens is 228 g/mol. The van der Waals surface area contributed by atoms with Gasteiger partial charge in [-0.25, -0.2) is 9.78 Å². The van der Waals surface area contributed by atoms with Crippen LogP contribution in [0.15, 0.2) is 10.9 Å². The smallest absolute Gasteiger partial charge is 0.332 e. The highest BCUT2D eigenvalue weighted by molar-refractivity contribution is 7.07. The van der Waals surface area contributed by atoms with Crippen molar-refractivity contribution in [1.82, 2.24) is 10.3 Å². The summed E-state index contributed by atoms with van der Waals surface area (Å²) in [5.74, 6) is -1.96. The number of nitrogens with one attached hydrogen (secondary N) is 1. The van der Waals surface area contributed by atoms with Gasteiger partial charge in [-0.05, 0) is 0 Å². The lowest BCUT2D eigenvalue weighted by atomic mass is 10.2. The summed E-state index contributed by atoms with van der Waals surface area (Å²) < 4.78 is 0. The number of carbonyl (C=O) groups excluding carboxylic acids is 1. The number of carboxylic acid groups (broad SMARTS) is 1. The highest BCUT2D eigenvalue weighted by atomic mass is 35.5. The zero-order valence-corrected chi connectivity index (χ0v) is 8.51. The molecule has 1 heterocycles. The lowest BCUT2D eigenvalue weighted by molar-refractivity contribution is -0.141. The van der Waals surface area contributed by atoms with Crippen molar-refractivity contribution in [2.75, 3.05) is 5.88 Å². The number of aromatic nitrogens is 1. The summed E-state index contributed by atoms with van der Waals surface area (Å²) in [7, 11) is 0. The van der Waals surface area contributed by atoms with E-state index in [1.165, 1.54) is 16.8 Å². The summed E-state index contributed by atoms with van der Waals surface area (Å²) in [5, 5.41) is 12.6. The number of hydrogen-bond donors (Lipinski definition) is 2. The van der Waals surface area contributed by atoms with Gasteiger partial charge in [-0.2, -0.15) is 0 Å². The van der Waals surface area contributed by atoms with E-state index in [1.54, 1.807) is 5.38 Å². The highest BCUT2D eigenvalue weighted by Gasteiger charge is 2.23. The van der Waals surface area contributed by atoms with Crippen molar-refractivity contribution >= 4 is 34.8 Å². The Morgan fingerprint density at radius 2 is 2.43 bits per heavy atom. The van der Waals surface area contributed by atoms with E-state index in [4.69, 9.17) is 16.7 Å². The Balaban J connectivity index is 2.76. The third-order valence-corrected chi connectivity index (χ3v) is 2.27. The van der Waals surface area contributed by atoms with Crippen molar-refractivity contribution in [2.24, 2.45) is 0 Å². The number of alkyl halides is 1. The molecule has 7 heteroatoms. The van der Waals surface area contributed by atoms with Gasteiger partial charge in [0.15, 0.2) is 6.04 Å². The number of carbonyl (C=O) groups is 2. The Morgan fingerprint density at radius 1 is 1.71 bits per heavy atom. The minimum Gasteiger partial charge on any atom is -0.479 e. The van der Waals surface area contributed by atoms with Crippen LogP contribution in [0.3, 0.4) is 0 Å². The fraction of sp³-hybridized carbons (Fsp3) is 0.286. The molecule has 0 aliphatic carbocycles. The van der Waals surface area contributed by atoms with Crippen LogP contribution in [0.25, 0.3) is 0 Å². The first kappa shape index (κ1) is 10.9. The first-order valence-corrected chi connectivity index (χ1v) is 5.09. The minimum atomic E-state index is -1.16. The molecule has 1 rings (SSSR count). The number of amides is 1. The molecule has 0 aliphatic heterocycles. The maximum Gasteiger partial charge on any atom is 0.332 e. The second-order valence-electron chi connectivity index (χ2n) is 2.39. The Morgan fingerprint density at radius 3 is 2.86 bits per heavy atom. The fourth-order valence-corrected chi connectivity index (χ4v) is 1.48. The maximum absolute atomic E-state index is 10.9. The number of aliphatic carboxylic acids is 1. The van der Waals surface area contributed by atoms with Gasteiger partial charge in [0.1, 0.15) is 5.88 Å². The van der Waals surface area contributed by atoms with Gasteiger partial charge in [0.2, 0.25) is 5.91 Å². The summed E-state index contributed by atoms with van der Waals surface area (Å²) in [4.78, 5) is 25.5. The first-order chi connectivity index (χ1) is 6.65. The van der Waals surface area contributed by atoms with E-state index in [9.17, 15) is 9.59 Å². The van der Waals surface area contributed by atoms with Crippen molar-refractivity contribution in [1.29, 1.82) is 0 Å². The average molecular weight is 235 g/mol. The molecule has 2 N–H and O–H groups in total. The van der Waals surface area contributed by atoms with Gasteiger partial charge in [-0.15, -0.1) is 22.9 Å². The monoisotopic (exact) mass is 234 g/mol. The SMILES string of the molecule is O=C(CCl)NC(C(=O)O)c1cscn1. The Bertz CT molecular complexity index is 328. The molecule has 0 saturated carbocycles. The molecule has 0 fully saturated rings. The van der Waals surface area contributed by atoms with Gasteiger partial charge >= 0.3 is 5.97 Å². The van der Waals surface area contributed by atoms with Gasteiger partial charge in [0.05, 0.1) is 11.2 Å². The van der Waals surface area contributed by atoms with Crippen LogP contribution >= 0.6 is 22.9 Å². The Hall–Kier alpha value is -1.14. The second kappa shape index (κ2) is 4.92. The number of hydrogen-bond acceptors (Lipinski definition) is 4. The number of halogens is 1. The van der Waals surface area contributed by atoms with E-state index < -0.39 is 17.9 Å². The van der Waals surface area contributed by atoms with Crippen LogP contribution in [-0.2, 0) is 9.59 Å². The Labute approximate surface area is 88.7 Å². The average Bonchev–Trinajstić information content (AvgIpc) is 2.65. The predicted octanol–water partition coefficient (Wildman–Crippen LogP) is 0.624. The summed E-state index contributed by atoms with van der Waals surface area (Å²) in [5.41, 5.74) is 1.80. The molecule has 0 radical (unpaired) electrons. The quantitative estimate of drug-likeness (QED) is 0.749. The molecule has 0 spiro atoms. The van der Waals surface area contributed by atoms with Gasteiger partial charge in [0, 0.05) is 5.38 Å². The summed E-state index contributed by atoms with van der Waals surface area (Å²) in [6.07, 6.45) is 0. The minimum absolute atomic E-state index is 0.270. The molecule has 1 aromatic rings. The van der Waals surface area contributed by atoms with Crippen molar-refractivity contribution in [2.45, 2.75) is 6.04 Å². The first-order valence-electron chi connectivity index (χ1n) is 3.61. The van der Waals surface area contributed by atoms with Gasteiger partial charge in [0.25, 0.3) is 0 Å². The third-order valence-electron chi connectivity index (χ3n) is 1.42. The topological polar surface area (TPSA) is 79.3 Å². The largest absolute Gasteiger partial charge is 0.479 e.